The van der Waals surface area contributed by atoms with Crippen LogP contribution >= 0.6 is 11.3 Å². The fourth-order valence-electron chi connectivity index (χ4n) is 7.42. The first-order chi connectivity index (χ1) is 24.8. The van der Waals surface area contributed by atoms with E-state index in [1.165, 1.54) is 70.0 Å². The van der Waals surface area contributed by atoms with Gasteiger partial charge in [0, 0.05) is 38.7 Å². The lowest BCUT2D eigenvalue weighted by Crippen LogP contribution is -2.09. The van der Waals surface area contributed by atoms with Gasteiger partial charge < -0.3 is 4.90 Å². The van der Waals surface area contributed by atoms with Gasteiger partial charge in [-0.15, -0.1) is 11.3 Å². The molecule has 10 rings (SSSR count). The van der Waals surface area contributed by atoms with Crippen LogP contribution in [0.5, 0.6) is 0 Å². The predicted molar refractivity (Wildman–Crippen MR) is 215 cm³/mol. The first kappa shape index (κ1) is 28.7. The number of aromatic nitrogens is 1. The van der Waals surface area contributed by atoms with Crippen molar-refractivity contribution in [3.63, 3.8) is 0 Å². The van der Waals surface area contributed by atoms with E-state index in [2.05, 4.69) is 180 Å². The van der Waals surface area contributed by atoms with Crippen LogP contribution < -0.4 is 4.90 Å². The van der Waals surface area contributed by atoms with E-state index in [0.29, 0.717) is 0 Å². The highest BCUT2D eigenvalue weighted by Crippen LogP contribution is 2.41. The summed E-state index contributed by atoms with van der Waals surface area (Å²) in [7, 11) is 0. The molecule has 0 radical (unpaired) electrons. The molecule has 10 aromatic rings. The number of nitrogens with zero attached hydrogens (tertiary/aromatic N) is 2. The minimum atomic E-state index is 1.07. The Morgan fingerprint density at radius 1 is 0.360 bits per heavy atom. The van der Waals surface area contributed by atoms with Crippen molar-refractivity contribution >= 4 is 81.0 Å². The molecule has 0 bridgehead atoms. The number of rotatable bonds is 5. The Morgan fingerprint density at radius 3 is 1.72 bits per heavy atom. The Hall–Kier alpha value is -6.29. The number of thiophene rings is 1. The number of hydrogen-bond donors (Lipinski definition) is 0. The van der Waals surface area contributed by atoms with E-state index in [0.717, 1.165) is 21.9 Å². The molecule has 3 heteroatoms. The molecule has 0 aliphatic rings. The van der Waals surface area contributed by atoms with Crippen LogP contribution in [0.4, 0.5) is 17.1 Å². The number of benzene rings is 8. The van der Waals surface area contributed by atoms with E-state index in [1.54, 1.807) is 11.3 Å². The van der Waals surface area contributed by atoms with Gasteiger partial charge in [-0.1, -0.05) is 115 Å². The summed E-state index contributed by atoms with van der Waals surface area (Å²) in [6.45, 7) is 0. The van der Waals surface area contributed by atoms with Crippen LogP contribution in [-0.2, 0) is 0 Å². The second-order valence-electron chi connectivity index (χ2n) is 12.8. The third kappa shape index (κ3) is 4.82. The van der Waals surface area contributed by atoms with E-state index in [-0.39, 0.29) is 0 Å². The molecule has 8 aromatic carbocycles. The van der Waals surface area contributed by atoms with Crippen LogP contribution in [-0.4, -0.2) is 4.98 Å². The normalized spacial score (nSPS) is 11.6. The van der Waals surface area contributed by atoms with Crippen LogP contribution in [0.15, 0.2) is 182 Å². The maximum Gasteiger partial charge on any atom is 0.124 e. The van der Waals surface area contributed by atoms with Crippen LogP contribution in [0.25, 0.3) is 74.9 Å². The van der Waals surface area contributed by atoms with E-state index >= 15 is 0 Å². The standard InChI is InChI=1S/C47H30N2S/c1-2-7-31(8-3-1)32-14-20-37(21-15-32)49(39-24-27-46-45(30-39)43-11-6-28-48-47(43)50-46)38-22-16-33(17-23-38)36-13-12-35-19-25-41-40-10-5-4-9-34(40)18-26-42(41)44(35)29-36/h1-30H. The zero-order valence-corrected chi connectivity index (χ0v) is 27.9. The molecule has 0 N–H and O–H groups in total. The Bertz CT molecular complexity index is 2850. The molecular weight excluding hydrogens is 625 g/mol. The summed E-state index contributed by atoms with van der Waals surface area (Å²) in [5, 5.41) is 10.1. The molecule has 0 aliphatic heterocycles. The Labute approximate surface area is 294 Å². The van der Waals surface area contributed by atoms with Crippen molar-refractivity contribution in [2.24, 2.45) is 0 Å². The lowest BCUT2D eigenvalue weighted by atomic mass is 9.94. The van der Waals surface area contributed by atoms with Crippen molar-refractivity contribution in [2.75, 3.05) is 4.90 Å². The second kappa shape index (κ2) is 11.7. The fourth-order valence-corrected chi connectivity index (χ4v) is 8.44. The summed E-state index contributed by atoms with van der Waals surface area (Å²) in [4.78, 5) is 8.07. The average molecular weight is 655 g/mol. The molecule has 50 heavy (non-hydrogen) atoms. The molecule has 0 saturated heterocycles. The fraction of sp³-hybridized carbons (Fsp3) is 0. The maximum atomic E-state index is 4.64. The topological polar surface area (TPSA) is 16.1 Å². The summed E-state index contributed by atoms with van der Waals surface area (Å²) in [5.41, 5.74) is 8.15. The smallest absolute Gasteiger partial charge is 0.124 e. The van der Waals surface area contributed by atoms with E-state index in [9.17, 15) is 0 Å². The summed E-state index contributed by atoms with van der Waals surface area (Å²) >= 11 is 1.74. The highest BCUT2D eigenvalue weighted by Gasteiger charge is 2.16. The van der Waals surface area contributed by atoms with Crippen molar-refractivity contribution in [1.82, 2.24) is 4.98 Å². The summed E-state index contributed by atoms with van der Waals surface area (Å²) in [6, 6.07) is 64.0. The van der Waals surface area contributed by atoms with Gasteiger partial charge >= 0.3 is 0 Å². The van der Waals surface area contributed by atoms with Crippen LogP contribution in [0.2, 0.25) is 0 Å². The monoisotopic (exact) mass is 654 g/mol. The molecule has 0 spiro atoms. The number of fused-ring (bicyclic) bond motifs is 8. The molecule has 0 aliphatic carbocycles. The average Bonchev–Trinajstić information content (AvgIpc) is 3.56. The van der Waals surface area contributed by atoms with Crippen LogP contribution in [0.1, 0.15) is 0 Å². The zero-order chi connectivity index (χ0) is 33.0. The highest BCUT2D eigenvalue weighted by atomic mass is 32.1. The van der Waals surface area contributed by atoms with Crippen molar-refractivity contribution in [1.29, 1.82) is 0 Å². The molecule has 234 valence electrons. The van der Waals surface area contributed by atoms with Gasteiger partial charge in [-0.05, 0) is 115 Å². The van der Waals surface area contributed by atoms with E-state index < -0.39 is 0 Å². The van der Waals surface area contributed by atoms with Gasteiger partial charge in [-0.3, -0.25) is 0 Å². The van der Waals surface area contributed by atoms with Crippen molar-refractivity contribution in [3.05, 3.63) is 182 Å². The van der Waals surface area contributed by atoms with Crippen molar-refractivity contribution < 1.29 is 0 Å². The summed E-state index contributed by atoms with van der Waals surface area (Å²) < 4.78 is 1.24. The van der Waals surface area contributed by atoms with Crippen LogP contribution in [0.3, 0.4) is 0 Å². The van der Waals surface area contributed by atoms with Gasteiger partial charge in [0.05, 0.1) is 0 Å². The predicted octanol–water partition coefficient (Wildman–Crippen LogP) is 13.7. The lowest BCUT2D eigenvalue weighted by molar-refractivity contribution is 1.29. The molecule has 0 amide bonds. The van der Waals surface area contributed by atoms with Crippen molar-refractivity contribution in [3.8, 4) is 22.3 Å². The van der Waals surface area contributed by atoms with E-state index in [4.69, 9.17) is 0 Å². The highest BCUT2D eigenvalue weighted by molar-refractivity contribution is 7.25. The molecule has 0 unspecified atom stereocenters. The zero-order valence-electron chi connectivity index (χ0n) is 27.1. The molecule has 0 atom stereocenters. The Morgan fingerprint density at radius 2 is 0.940 bits per heavy atom. The molecule has 0 fully saturated rings. The van der Waals surface area contributed by atoms with Gasteiger partial charge in [0.1, 0.15) is 4.83 Å². The Balaban J connectivity index is 1.08. The number of anilines is 3. The summed E-state index contributed by atoms with van der Waals surface area (Å²) in [5.74, 6) is 0. The quantitative estimate of drug-likeness (QED) is 0.172. The number of hydrogen-bond acceptors (Lipinski definition) is 3. The molecule has 2 aromatic heterocycles. The van der Waals surface area contributed by atoms with Gasteiger partial charge in [0.15, 0.2) is 0 Å². The maximum absolute atomic E-state index is 4.64. The molecule has 0 saturated carbocycles. The molecule has 2 nitrogen and oxygen atoms in total. The van der Waals surface area contributed by atoms with Crippen LogP contribution in [0, 0.1) is 0 Å². The SMILES string of the molecule is c1ccc(-c2ccc(N(c3ccc(-c4ccc5ccc6c7ccccc7ccc6c5c4)cc3)c3ccc4sc5ncccc5c4c3)cc2)cc1. The third-order valence-electron chi connectivity index (χ3n) is 9.92. The number of pyridine rings is 1. The third-order valence-corrected chi connectivity index (χ3v) is 11.0. The first-order valence-electron chi connectivity index (χ1n) is 16.9. The summed E-state index contributed by atoms with van der Waals surface area (Å²) in [6.07, 6.45) is 1.88. The largest absolute Gasteiger partial charge is 0.310 e. The van der Waals surface area contributed by atoms with Gasteiger partial charge in [0.25, 0.3) is 0 Å². The second-order valence-corrected chi connectivity index (χ2v) is 13.8. The van der Waals surface area contributed by atoms with Crippen molar-refractivity contribution in [2.45, 2.75) is 0 Å². The minimum absolute atomic E-state index is 1.07. The van der Waals surface area contributed by atoms with E-state index in [1.807, 2.05) is 12.3 Å². The van der Waals surface area contributed by atoms with Gasteiger partial charge in [0.2, 0.25) is 0 Å². The Kier molecular flexibility index (Phi) is 6.71. The molecular formula is C47H30N2S. The van der Waals surface area contributed by atoms with Gasteiger partial charge in [-0.25, -0.2) is 4.98 Å². The lowest BCUT2D eigenvalue weighted by Gasteiger charge is -2.26. The first-order valence-corrected chi connectivity index (χ1v) is 17.8. The molecule has 2 heterocycles. The van der Waals surface area contributed by atoms with Gasteiger partial charge in [-0.2, -0.15) is 0 Å². The minimum Gasteiger partial charge on any atom is -0.310 e.